The van der Waals surface area contributed by atoms with E-state index in [2.05, 4.69) is 0 Å². The summed E-state index contributed by atoms with van der Waals surface area (Å²) in [6.45, 7) is 0. The Hall–Kier alpha value is -3.00. The Bertz CT molecular complexity index is 273. The van der Waals surface area contributed by atoms with Crippen molar-refractivity contribution in [2.45, 2.75) is 0 Å². The van der Waals surface area contributed by atoms with Crippen molar-refractivity contribution in [1.29, 1.82) is 0 Å². The molecule has 0 heterocycles. The summed E-state index contributed by atoms with van der Waals surface area (Å²) in [4.78, 5) is 50.0. The van der Waals surface area contributed by atoms with E-state index in [9.17, 15) is 26.3 Å². The predicted octanol–water partition coefficient (Wildman–Crippen LogP) is 3.15. The molecule has 6 N–H and O–H groups in total. The molecule has 0 aliphatic rings. The van der Waals surface area contributed by atoms with Gasteiger partial charge >= 0.3 is 56.2 Å². The molecule has 25 heavy (non-hydrogen) atoms. The third-order valence-corrected chi connectivity index (χ3v) is 0. The zero-order valence-corrected chi connectivity index (χ0v) is 10.4. The third kappa shape index (κ3) is 841. The summed E-state index contributed by atoms with van der Waals surface area (Å²) < 4.78 is 59.5. The van der Waals surface area contributed by atoms with Gasteiger partial charge in [-0.1, -0.05) is 0 Å². The van der Waals surface area contributed by atoms with Crippen LogP contribution in [0.4, 0.5) is 55.1 Å². The molecule has 0 saturated heterocycles. The third-order valence-electron chi connectivity index (χ3n) is 0. The molecule has 0 rings (SSSR count). The molecule has 0 radical (unpaired) electrons. The van der Waals surface area contributed by atoms with Crippen molar-refractivity contribution in [3.05, 3.63) is 0 Å². The van der Waals surface area contributed by atoms with Crippen LogP contribution in [0.2, 0.25) is 0 Å². The van der Waals surface area contributed by atoms with Crippen molar-refractivity contribution in [2.24, 2.45) is 0 Å². The van der Waals surface area contributed by atoms with Gasteiger partial charge in [-0.2, -0.15) is 0 Å². The molecule has 0 saturated carbocycles. The topological polar surface area (TPSA) is 224 Å². The van der Waals surface area contributed by atoms with Crippen LogP contribution in [0, 0.1) is 0 Å². The first-order chi connectivity index (χ1) is 10.4. The van der Waals surface area contributed by atoms with Gasteiger partial charge in [0, 0.05) is 0 Å². The van der Waals surface area contributed by atoms with Crippen LogP contribution < -0.4 is 0 Å². The van der Waals surface area contributed by atoms with E-state index >= 15 is 0 Å². The van der Waals surface area contributed by atoms with E-state index in [0.29, 0.717) is 0 Å². The molecule has 0 amide bonds. The van der Waals surface area contributed by atoms with Gasteiger partial charge < -0.3 is 30.6 Å². The zero-order chi connectivity index (χ0) is 21.5. The fraction of sp³-hybridized carbons (Fsp3) is 0. The molecule has 0 aliphatic carbocycles. The van der Waals surface area contributed by atoms with Crippen LogP contribution in [0.3, 0.4) is 0 Å². The van der Waals surface area contributed by atoms with E-state index in [4.69, 9.17) is 59.4 Å². The Morgan fingerprint density at radius 2 is 0.360 bits per heavy atom. The van der Waals surface area contributed by atoms with Gasteiger partial charge in [0.1, 0.15) is 0 Å². The molecule has 12 nitrogen and oxygen atoms in total. The van der Waals surface area contributed by atoms with E-state index in [-0.39, 0.29) is 18.9 Å². The Morgan fingerprint density at radius 1 is 0.360 bits per heavy atom. The van der Waals surface area contributed by atoms with Gasteiger partial charge in [-0.3, -0.25) is 0 Å². The van der Waals surface area contributed by atoms with Gasteiger partial charge in [-0.05, 0) is 0 Å². The van der Waals surface area contributed by atoms with Gasteiger partial charge in [0.15, 0.2) is 0 Å². The Kier molecular flexibility index (Phi) is 64.4. The minimum absolute atomic E-state index is 0. The van der Waals surface area contributed by atoms with Gasteiger partial charge in [0.05, 0.1) is 0 Å². The van der Waals surface area contributed by atoms with Crippen LogP contribution in [0.25, 0.3) is 0 Å². The Balaban J connectivity index is -0.0000000309. The first kappa shape index (κ1) is 43.1. The van der Waals surface area contributed by atoms with Crippen molar-refractivity contribution in [2.75, 3.05) is 0 Å². The second-order valence-corrected chi connectivity index (χ2v) is 1.52. The van der Waals surface area contributed by atoms with E-state index in [1.54, 1.807) is 0 Å². The van der Waals surface area contributed by atoms with Crippen molar-refractivity contribution in [3.8, 4) is 0 Å². The molecular formula is C6H7F6LiO12. The van der Waals surface area contributed by atoms with Crippen LogP contribution in [0.1, 0.15) is 0 Å². The maximum absolute atomic E-state index is 9.92. The molecule has 0 aliphatic heterocycles. The Morgan fingerprint density at radius 3 is 0.360 bits per heavy atom. The van der Waals surface area contributed by atoms with Crippen molar-refractivity contribution < 1.29 is 85.7 Å². The van der Waals surface area contributed by atoms with Gasteiger partial charge in [0.25, 0.3) is 0 Å². The van der Waals surface area contributed by atoms with Crippen molar-refractivity contribution >= 4 is 56.2 Å². The molecule has 0 bridgehead atoms. The number of carboxylic acid groups (broad SMARTS) is 6. The van der Waals surface area contributed by atoms with E-state index in [0.717, 1.165) is 0 Å². The molecule has 0 spiro atoms. The van der Waals surface area contributed by atoms with Gasteiger partial charge in [0.2, 0.25) is 0 Å². The predicted molar refractivity (Wildman–Crippen MR) is 61.9 cm³/mol. The average molecular weight is 392 g/mol. The summed E-state index contributed by atoms with van der Waals surface area (Å²) in [5.74, 6) is 0. The molecule has 0 aromatic heterocycles. The normalized spacial score (nSPS) is 6.00. The molecule has 0 atom stereocenters. The van der Waals surface area contributed by atoms with Gasteiger partial charge in [-0.15, -0.1) is 26.3 Å². The van der Waals surface area contributed by atoms with Crippen molar-refractivity contribution in [3.63, 3.8) is 0 Å². The molecule has 0 aromatic carbocycles. The number of hydrogen-bond acceptors (Lipinski definition) is 6. The number of hydrogen-bond donors (Lipinski definition) is 6. The first-order valence-electron chi connectivity index (χ1n) is 3.70. The molecule has 146 valence electrons. The molecule has 0 unspecified atom stereocenters. The van der Waals surface area contributed by atoms with E-state index in [1.165, 1.54) is 0 Å². The summed E-state index contributed by atoms with van der Waals surface area (Å²) in [6.07, 6.45) is -14.0. The monoisotopic (exact) mass is 392 g/mol. The van der Waals surface area contributed by atoms with Crippen LogP contribution in [-0.4, -0.2) is 86.8 Å². The molecule has 0 aromatic rings. The molecule has 0 fully saturated rings. The summed E-state index contributed by atoms with van der Waals surface area (Å²) in [6, 6.07) is 0. The second kappa shape index (κ2) is 37.3. The van der Waals surface area contributed by atoms with Crippen LogP contribution in [0.15, 0.2) is 0 Å². The van der Waals surface area contributed by atoms with Gasteiger partial charge in [-0.25, -0.2) is 28.8 Å². The molecule has 19 heteroatoms. The van der Waals surface area contributed by atoms with Crippen molar-refractivity contribution in [1.82, 2.24) is 0 Å². The minimum atomic E-state index is -2.33. The second-order valence-electron chi connectivity index (χ2n) is 1.52. The quantitative estimate of drug-likeness (QED) is 0.199. The van der Waals surface area contributed by atoms with E-state index in [1.807, 2.05) is 0 Å². The first-order valence-corrected chi connectivity index (χ1v) is 3.70. The summed E-state index contributed by atoms with van der Waals surface area (Å²) >= 11 is 0. The van der Waals surface area contributed by atoms with E-state index < -0.39 is 37.3 Å². The fourth-order valence-electron chi connectivity index (χ4n) is 0. The maximum atomic E-state index is 9.92. The standard InChI is InChI=1S/6CHFO2.Li.H/c6*2-1(3)4;;/h6*(H,3,4);;. The van der Waals surface area contributed by atoms with Crippen LogP contribution in [0.5, 0.6) is 0 Å². The Labute approximate surface area is 143 Å². The summed E-state index contributed by atoms with van der Waals surface area (Å²) in [5, 5.41) is 40.5. The number of halogens is 6. The van der Waals surface area contributed by atoms with Crippen LogP contribution in [-0.2, 0) is 0 Å². The zero-order valence-electron chi connectivity index (χ0n) is 10.4. The molecular weight excluding hydrogens is 385 g/mol. The number of rotatable bonds is 0. The summed E-state index contributed by atoms with van der Waals surface area (Å²) in [7, 11) is 0. The fourth-order valence-corrected chi connectivity index (χ4v) is 0. The summed E-state index contributed by atoms with van der Waals surface area (Å²) in [5.41, 5.74) is 0. The SMILES string of the molecule is O=C(O)F.O=C(O)F.O=C(O)F.O=C(O)F.O=C(O)F.O=C(O)F.[LiH]. The average Bonchev–Trinajstić information content (AvgIpc) is 2.08. The van der Waals surface area contributed by atoms with Crippen LogP contribution >= 0.6 is 0 Å². The number of carbonyl (C=O) groups is 6.